The number of likely N-dealkylation sites (tertiary alicyclic amines) is 1. The number of rotatable bonds is 7. The summed E-state index contributed by atoms with van der Waals surface area (Å²) >= 11 is 0. The van der Waals surface area contributed by atoms with Crippen LogP contribution in [0.1, 0.15) is 53.4 Å². The molecule has 0 amide bonds. The summed E-state index contributed by atoms with van der Waals surface area (Å²) in [7, 11) is 0. The third-order valence-electron chi connectivity index (χ3n) is 6.10. The van der Waals surface area contributed by atoms with Crippen LogP contribution in [-0.2, 0) is 16.0 Å². The molecule has 0 aliphatic carbocycles. The Bertz CT molecular complexity index is 1220. The summed E-state index contributed by atoms with van der Waals surface area (Å²) < 4.78 is 7.07. The number of Topliss-reactive ketones (excluding diaryl/α,β-unsaturated/α-hetero) is 1. The molecular weight excluding hydrogens is 416 g/mol. The second-order valence-corrected chi connectivity index (χ2v) is 8.41. The number of fused-ring (bicyclic) bond motifs is 1. The van der Waals surface area contributed by atoms with Crippen LogP contribution < -0.4 is 0 Å². The van der Waals surface area contributed by atoms with Crippen LogP contribution in [0, 0.1) is 18.3 Å². The van der Waals surface area contributed by atoms with Crippen molar-refractivity contribution in [1.82, 2.24) is 14.5 Å². The quantitative estimate of drug-likeness (QED) is 0.405. The maximum absolute atomic E-state index is 13.4. The Morgan fingerprint density at radius 3 is 2.55 bits per heavy atom. The molecule has 33 heavy (non-hydrogen) atoms. The Morgan fingerprint density at radius 2 is 1.88 bits per heavy atom. The van der Waals surface area contributed by atoms with Crippen LogP contribution in [0.15, 0.2) is 36.5 Å². The highest BCUT2D eigenvalue weighted by atomic mass is 16.5. The van der Waals surface area contributed by atoms with Gasteiger partial charge in [0.1, 0.15) is 0 Å². The van der Waals surface area contributed by atoms with Crippen molar-refractivity contribution in [3.05, 3.63) is 58.9 Å². The minimum absolute atomic E-state index is 0.0532. The molecular formula is C26H28N4O3. The summed E-state index contributed by atoms with van der Waals surface area (Å²) in [5.41, 5.74) is 4.94. The predicted octanol–water partition coefficient (Wildman–Crippen LogP) is 3.98. The van der Waals surface area contributed by atoms with Gasteiger partial charge in [-0.2, -0.15) is 5.26 Å². The number of nitriles is 1. The molecule has 0 spiro atoms. The molecule has 7 nitrogen and oxygen atoms in total. The van der Waals surface area contributed by atoms with E-state index in [0.29, 0.717) is 29.8 Å². The van der Waals surface area contributed by atoms with Gasteiger partial charge in [-0.15, -0.1) is 0 Å². The molecule has 0 radical (unpaired) electrons. The van der Waals surface area contributed by atoms with Gasteiger partial charge in [0, 0.05) is 17.6 Å². The van der Waals surface area contributed by atoms with Crippen molar-refractivity contribution in [3.63, 3.8) is 0 Å². The number of ether oxygens (including phenoxy) is 1. The van der Waals surface area contributed by atoms with Crippen LogP contribution >= 0.6 is 0 Å². The van der Waals surface area contributed by atoms with Crippen LogP contribution in [0.25, 0.3) is 16.7 Å². The van der Waals surface area contributed by atoms with E-state index >= 15 is 0 Å². The number of hydrogen-bond donors (Lipinski definition) is 0. The lowest BCUT2D eigenvalue weighted by Gasteiger charge is -2.25. The van der Waals surface area contributed by atoms with Gasteiger partial charge in [-0.25, -0.2) is 0 Å². The molecule has 0 bridgehead atoms. The van der Waals surface area contributed by atoms with Gasteiger partial charge < -0.3 is 9.30 Å². The number of carbonyl (C=O) groups is 2. The number of piperidine rings is 1. The predicted molar refractivity (Wildman–Crippen MR) is 125 cm³/mol. The van der Waals surface area contributed by atoms with E-state index in [1.807, 2.05) is 29.7 Å². The molecule has 3 heterocycles. The van der Waals surface area contributed by atoms with Gasteiger partial charge in [0.05, 0.1) is 47.8 Å². The molecule has 4 rings (SSSR count). The van der Waals surface area contributed by atoms with Crippen LogP contribution in [0.2, 0.25) is 0 Å². The van der Waals surface area contributed by atoms with Gasteiger partial charge in [0.15, 0.2) is 5.78 Å². The first-order chi connectivity index (χ1) is 16.0. The lowest BCUT2D eigenvalue weighted by molar-refractivity contribution is -0.142. The maximum Gasteiger partial charge on any atom is 0.310 e. The topological polar surface area (TPSA) is 88.2 Å². The van der Waals surface area contributed by atoms with Gasteiger partial charge in [-0.1, -0.05) is 6.42 Å². The average Bonchev–Trinajstić information content (AvgIpc) is 3.11. The van der Waals surface area contributed by atoms with Crippen molar-refractivity contribution in [2.24, 2.45) is 0 Å². The zero-order valence-electron chi connectivity index (χ0n) is 19.1. The zero-order chi connectivity index (χ0) is 23.4. The summed E-state index contributed by atoms with van der Waals surface area (Å²) in [6.07, 6.45) is 5.22. The van der Waals surface area contributed by atoms with Crippen LogP contribution in [0.3, 0.4) is 0 Å². The van der Waals surface area contributed by atoms with Crippen molar-refractivity contribution in [2.75, 3.05) is 26.2 Å². The third kappa shape index (κ3) is 4.81. The monoisotopic (exact) mass is 444 g/mol. The number of aromatic nitrogens is 2. The van der Waals surface area contributed by atoms with Gasteiger partial charge >= 0.3 is 5.97 Å². The summed E-state index contributed by atoms with van der Waals surface area (Å²) in [5.74, 6) is -0.259. The van der Waals surface area contributed by atoms with E-state index in [-0.39, 0.29) is 18.2 Å². The second-order valence-electron chi connectivity index (χ2n) is 8.41. The molecule has 3 aromatic rings. The fraction of sp³-hybridized carbons (Fsp3) is 0.385. The van der Waals surface area contributed by atoms with E-state index in [0.717, 1.165) is 48.4 Å². The van der Waals surface area contributed by atoms with Crippen LogP contribution in [0.4, 0.5) is 0 Å². The van der Waals surface area contributed by atoms with Crippen LogP contribution in [-0.4, -0.2) is 52.4 Å². The third-order valence-corrected chi connectivity index (χ3v) is 6.10. The number of nitrogens with zero attached hydrogens (tertiary/aromatic N) is 4. The molecule has 1 aromatic carbocycles. The molecule has 1 aliphatic heterocycles. The Labute approximate surface area is 193 Å². The van der Waals surface area contributed by atoms with Gasteiger partial charge in [0.25, 0.3) is 0 Å². The van der Waals surface area contributed by atoms with Crippen molar-refractivity contribution < 1.29 is 14.3 Å². The molecule has 0 N–H and O–H groups in total. The van der Waals surface area contributed by atoms with Crippen LogP contribution in [0.5, 0.6) is 0 Å². The zero-order valence-corrected chi connectivity index (χ0v) is 19.1. The average molecular weight is 445 g/mol. The van der Waals surface area contributed by atoms with E-state index < -0.39 is 0 Å². The normalized spacial score (nSPS) is 14.2. The lowest BCUT2D eigenvalue weighted by Crippen LogP contribution is -2.34. The fourth-order valence-electron chi connectivity index (χ4n) is 4.55. The van der Waals surface area contributed by atoms with Gasteiger partial charge in [-0.3, -0.25) is 19.5 Å². The summed E-state index contributed by atoms with van der Waals surface area (Å²) in [4.78, 5) is 32.3. The Morgan fingerprint density at radius 1 is 1.15 bits per heavy atom. The molecule has 0 atom stereocenters. The van der Waals surface area contributed by atoms with E-state index in [4.69, 9.17) is 10.00 Å². The van der Waals surface area contributed by atoms with Crippen molar-refractivity contribution in [2.45, 2.75) is 39.5 Å². The molecule has 1 fully saturated rings. The number of hydrogen-bond acceptors (Lipinski definition) is 6. The summed E-state index contributed by atoms with van der Waals surface area (Å²) in [6, 6.07) is 11.3. The van der Waals surface area contributed by atoms with Crippen molar-refractivity contribution in [1.29, 1.82) is 5.26 Å². The highest BCUT2D eigenvalue weighted by Gasteiger charge is 2.25. The smallest absolute Gasteiger partial charge is 0.310 e. The fourth-order valence-corrected chi connectivity index (χ4v) is 4.55. The Balaban J connectivity index is 1.79. The molecule has 2 aromatic heterocycles. The minimum Gasteiger partial charge on any atom is -0.466 e. The maximum atomic E-state index is 13.4. The standard InChI is InChI=1S/C26H28N4O3/c1-3-33-24(32)14-20-13-22-26(28-16-20)25(23(31)17-29-11-5-4-6-12-29)18(2)30(22)21-9-7-19(15-27)8-10-21/h7-10,13,16H,3-6,11-12,14,17H2,1-2H3. The van der Waals surface area contributed by atoms with E-state index in [9.17, 15) is 9.59 Å². The Kier molecular flexibility index (Phi) is 6.85. The first-order valence-corrected chi connectivity index (χ1v) is 11.4. The highest BCUT2D eigenvalue weighted by Crippen LogP contribution is 2.30. The minimum atomic E-state index is -0.312. The van der Waals surface area contributed by atoms with Crippen molar-refractivity contribution >= 4 is 22.8 Å². The van der Waals surface area contributed by atoms with Crippen molar-refractivity contribution in [3.8, 4) is 11.8 Å². The molecule has 7 heteroatoms. The number of carbonyl (C=O) groups excluding carboxylic acids is 2. The first-order valence-electron chi connectivity index (χ1n) is 11.4. The number of esters is 1. The summed E-state index contributed by atoms with van der Waals surface area (Å²) in [6.45, 7) is 6.28. The second kappa shape index (κ2) is 9.97. The molecule has 170 valence electrons. The number of benzene rings is 1. The molecule has 1 aliphatic rings. The van der Waals surface area contributed by atoms with E-state index in [2.05, 4.69) is 16.0 Å². The van der Waals surface area contributed by atoms with Gasteiger partial charge in [0.2, 0.25) is 0 Å². The highest BCUT2D eigenvalue weighted by molar-refractivity contribution is 6.09. The van der Waals surface area contributed by atoms with Gasteiger partial charge in [-0.05, 0) is 75.7 Å². The number of ketones is 1. The molecule has 1 saturated heterocycles. The Hall–Kier alpha value is -3.50. The van der Waals surface area contributed by atoms with E-state index in [1.54, 1.807) is 25.3 Å². The number of pyridine rings is 1. The summed E-state index contributed by atoms with van der Waals surface area (Å²) in [5, 5.41) is 9.16. The molecule has 0 unspecified atom stereocenters. The lowest BCUT2D eigenvalue weighted by atomic mass is 10.1. The van der Waals surface area contributed by atoms with E-state index in [1.165, 1.54) is 6.42 Å². The first kappa shape index (κ1) is 22.7. The molecule has 0 saturated carbocycles. The largest absolute Gasteiger partial charge is 0.466 e. The SMILES string of the molecule is CCOC(=O)Cc1cnc2c(C(=O)CN3CCCCC3)c(C)n(-c3ccc(C#N)cc3)c2c1.